The zero-order chi connectivity index (χ0) is 21.2. The number of nitrogens with one attached hydrogen (secondary N) is 3. The molecule has 0 fully saturated rings. The molecule has 7 nitrogen and oxygen atoms in total. The Morgan fingerprint density at radius 1 is 0.967 bits per heavy atom. The number of carbonyl (C=O) groups is 2. The fourth-order valence-corrected chi connectivity index (χ4v) is 3.11. The minimum Gasteiger partial charge on any atom is -0.350 e. The molecule has 0 spiro atoms. The number of aryl methyl sites for hydroxylation is 1. The zero-order valence-electron chi connectivity index (χ0n) is 16.8. The molecule has 7 heteroatoms. The lowest BCUT2D eigenvalue weighted by atomic mass is 10.0. The molecule has 2 atom stereocenters. The molecule has 0 aliphatic heterocycles. The number of H-pyrrole nitrogens is 1. The summed E-state index contributed by atoms with van der Waals surface area (Å²) in [5, 5.41) is 5.69. The van der Waals surface area contributed by atoms with Crippen LogP contribution in [0.15, 0.2) is 73.2 Å². The van der Waals surface area contributed by atoms with Crippen LogP contribution in [0.25, 0.3) is 0 Å². The summed E-state index contributed by atoms with van der Waals surface area (Å²) in [6, 6.07) is 18.0. The summed E-state index contributed by atoms with van der Waals surface area (Å²) in [7, 11) is 0. The standard InChI is InChI=1S/C23H27N5O2/c24-20(12-11-17-7-3-1-4-8-17)22(29)28-21(13-19-15-25-16-27-19)23(30)26-14-18-9-5-2-6-10-18/h1-10,15-16,20-21H,11-14,24H2,(H,25,27)(H,26,30)(H,28,29)/t20-,21+/m1/s1. The van der Waals surface area contributed by atoms with Crippen LogP contribution in [0.2, 0.25) is 0 Å². The Hall–Kier alpha value is -3.45. The number of nitrogens with zero attached hydrogens (tertiary/aromatic N) is 1. The third-order valence-corrected chi connectivity index (χ3v) is 4.85. The van der Waals surface area contributed by atoms with Crippen molar-refractivity contribution in [3.8, 4) is 0 Å². The third-order valence-electron chi connectivity index (χ3n) is 4.85. The number of aromatic nitrogens is 2. The Morgan fingerprint density at radius 3 is 2.27 bits per heavy atom. The van der Waals surface area contributed by atoms with E-state index < -0.39 is 12.1 Å². The Kier molecular flexibility index (Phi) is 7.74. The summed E-state index contributed by atoms with van der Waals surface area (Å²) in [4.78, 5) is 32.4. The van der Waals surface area contributed by atoms with Crippen molar-refractivity contribution >= 4 is 11.8 Å². The lowest BCUT2D eigenvalue weighted by Gasteiger charge is -2.20. The fourth-order valence-electron chi connectivity index (χ4n) is 3.11. The molecule has 0 aliphatic rings. The Balaban J connectivity index is 1.58. The molecule has 2 amide bonds. The smallest absolute Gasteiger partial charge is 0.243 e. The molecule has 1 aromatic heterocycles. The van der Waals surface area contributed by atoms with Gasteiger partial charge in [0, 0.05) is 24.9 Å². The predicted octanol–water partition coefficient (Wildman–Crippen LogP) is 1.71. The van der Waals surface area contributed by atoms with E-state index in [0.717, 1.165) is 16.8 Å². The van der Waals surface area contributed by atoms with Gasteiger partial charge in [0.1, 0.15) is 6.04 Å². The Morgan fingerprint density at radius 2 is 1.63 bits per heavy atom. The van der Waals surface area contributed by atoms with Gasteiger partial charge in [0.05, 0.1) is 12.4 Å². The van der Waals surface area contributed by atoms with Gasteiger partial charge in [-0.05, 0) is 24.0 Å². The normalized spacial score (nSPS) is 12.7. The maximum absolute atomic E-state index is 12.8. The Labute approximate surface area is 176 Å². The quantitative estimate of drug-likeness (QED) is 0.411. The topological polar surface area (TPSA) is 113 Å². The highest BCUT2D eigenvalue weighted by molar-refractivity contribution is 5.89. The minimum absolute atomic E-state index is 0.267. The van der Waals surface area contributed by atoms with Gasteiger partial charge in [0.15, 0.2) is 0 Å². The van der Waals surface area contributed by atoms with E-state index in [0.29, 0.717) is 25.8 Å². The lowest BCUT2D eigenvalue weighted by Crippen LogP contribution is -2.52. The van der Waals surface area contributed by atoms with Crippen molar-refractivity contribution in [1.82, 2.24) is 20.6 Å². The highest BCUT2D eigenvalue weighted by Crippen LogP contribution is 2.06. The largest absolute Gasteiger partial charge is 0.350 e. The number of hydrogen-bond acceptors (Lipinski definition) is 4. The van der Waals surface area contributed by atoms with E-state index >= 15 is 0 Å². The van der Waals surface area contributed by atoms with Gasteiger partial charge in [-0.2, -0.15) is 0 Å². The summed E-state index contributed by atoms with van der Waals surface area (Å²) in [6.07, 6.45) is 4.68. The lowest BCUT2D eigenvalue weighted by molar-refractivity contribution is -0.129. The first kappa shape index (κ1) is 21.3. The van der Waals surface area contributed by atoms with E-state index in [9.17, 15) is 9.59 Å². The van der Waals surface area contributed by atoms with Crippen molar-refractivity contribution in [1.29, 1.82) is 0 Å². The van der Waals surface area contributed by atoms with Gasteiger partial charge in [-0.3, -0.25) is 9.59 Å². The van der Waals surface area contributed by atoms with Crippen LogP contribution in [0, 0.1) is 0 Å². The van der Waals surface area contributed by atoms with Crippen molar-refractivity contribution < 1.29 is 9.59 Å². The number of benzene rings is 2. The molecule has 0 radical (unpaired) electrons. The van der Waals surface area contributed by atoms with Gasteiger partial charge < -0.3 is 21.4 Å². The molecule has 30 heavy (non-hydrogen) atoms. The van der Waals surface area contributed by atoms with E-state index in [4.69, 9.17) is 5.73 Å². The highest BCUT2D eigenvalue weighted by Gasteiger charge is 2.24. The summed E-state index contributed by atoms with van der Waals surface area (Å²) in [5.74, 6) is -0.609. The Bertz CT molecular complexity index is 913. The molecule has 5 N–H and O–H groups in total. The van der Waals surface area contributed by atoms with Crippen LogP contribution in [0.1, 0.15) is 23.2 Å². The maximum atomic E-state index is 12.8. The predicted molar refractivity (Wildman–Crippen MR) is 115 cm³/mol. The number of aromatic amines is 1. The number of rotatable bonds is 10. The monoisotopic (exact) mass is 405 g/mol. The second kappa shape index (κ2) is 10.9. The van der Waals surface area contributed by atoms with Gasteiger partial charge >= 0.3 is 0 Å². The summed E-state index contributed by atoms with van der Waals surface area (Å²) < 4.78 is 0. The summed E-state index contributed by atoms with van der Waals surface area (Å²) in [5.41, 5.74) is 8.95. The van der Waals surface area contributed by atoms with Crippen LogP contribution in [-0.4, -0.2) is 33.9 Å². The molecule has 1 heterocycles. The molecule has 3 rings (SSSR count). The molecule has 3 aromatic rings. The first-order chi connectivity index (χ1) is 14.6. The number of carbonyl (C=O) groups excluding carboxylic acids is 2. The van der Waals surface area contributed by atoms with E-state index in [1.165, 1.54) is 0 Å². The SMILES string of the molecule is N[C@H](CCc1ccccc1)C(=O)N[C@@H](Cc1cnc[nH]1)C(=O)NCc1ccccc1. The highest BCUT2D eigenvalue weighted by atomic mass is 16.2. The average Bonchev–Trinajstić information content (AvgIpc) is 3.30. The second-order valence-electron chi connectivity index (χ2n) is 7.18. The van der Waals surface area contributed by atoms with E-state index in [1.54, 1.807) is 12.5 Å². The number of amides is 2. The molecular formula is C23H27N5O2. The molecule has 0 aliphatic carbocycles. The van der Waals surface area contributed by atoms with Gasteiger partial charge in [0.25, 0.3) is 0 Å². The molecule has 2 aromatic carbocycles. The fraction of sp³-hybridized carbons (Fsp3) is 0.261. The van der Waals surface area contributed by atoms with Crippen molar-refractivity contribution in [2.75, 3.05) is 0 Å². The van der Waals surface area contributed by atoms with E-state index in [-0.39, 0.29) is 11.8 Å². The van der Waals surface area contributed by atoms with Gasteiger partial charge in [0.2, 0.25) is 11.8 Å². The summed E-state index contributed by atoms with van der Waals surface area (Å²) >= 11 is 0. The van der Waals surface area contributed by atoms with Crippen LogP contribution in [0.3, 0.4) is 0 Å². The number of hydrogen-bond donors (Lipinski definition) is 4. The average molecular weight is 406 g/mol. The zero-order valence-corrected chi connectivity index (χ0v) is 16.8. The van der Waals surface area contributed by atoms with Crippen LogP contribution in [-0.2, 0) is 29.0 Å². The van der Waals surface area contributed by atoms with E-state index in [1.807, 2.05) is 60.7 Å². The first-order valence-corrected chi connectivity index (χ1v) is 10.0. The van der Waals surface area contributed by atoms with Crippen LogP contribution in [0.4, 0.5) is 0 Å². The second-order valence-corrected chi connectivity index (χ2v) is 7.18. The molecule has 0 bridgehead atoms. The van der Waals surface area contributed by atoms with Crippen LogP contribution in [0.5, 0.6) is 0 Å². The maximum Gasteiger partial charge on any atom is 0.243 e. The van der Waals surface area contributed by atoms with Gasteiger partial charge in [-0.1, -0.05) is 60.7 Å². The summed E-state index contributed by atoms with van der Waals surface area (Å²) in [6.45, 7) is 0.384. The molecule has 0 saturated heterocycles. The van der Waals surface area contributed by atoms with Crippen molar-refractivity contribution in [2.24, 2.45) is 5.73 Å². The molecule has 156 valence electrons. The van der Waals surface area contributed by atoms with E-state index in [2.05, 4.69) is 20.6 Å². The van der Waals surface area contributed by atoms with Crippen LogP contribution >= 0.6 is 0 Å². The first-order valence-electron chi connectivity index (χ1n) is 10.0. The third kappa shape index (κ3) is 6.56. The number of nitrogens with two attached hydrogens (primary N) is 1. The van der Waals surface area contributed by atoms with Crippen molar-refractivity contribution in [3.63, 3.8) is 0 Å². The van der Waals surface area contributed by atoms with Crippen molar-refractivity contribution in [3.05, 3.63) is 90.0 Å². The van der Waals surface area contributed by atoms with Crippen molar-refractivity contribution in [2.45, 2.75) is 37.9 Å². The van der Waals surface area contributed by atoms with Crippen LogP contribution < -0.4 is 16.4 Å². The van der Waals surface area contributed by atoms with Gasteiger partial charge in [-0.25, -0.2) is 4.98 Å². The van der Waals surface area contributed by atoms with Gasteiger partial charge in [-0.15, -0.1) is 0 Å². The molecule has 0 unspecified atom stereocenters. The number of imidazole rings is 1. The minimum atomic E-state index is -0.746. The molecular weight excluding hydrogens is 378 g/mol. The molecule has 0 saturated carbocycles.